The molecule has 1 aromatic carbocycles. The summed E-state index contributed by atoms with van der Waals surface area (Å²) in [7, 11) is 0. The third kappa shape index (κ3) is 5.97. The van der Waals surface area contributed by atoms with Gasteiger partial charge in [0.25, 0.3) is 0 Å². The number of hydrogen-bond donors (Lipinski definition) is 1. The van der Waals surface area contributed by atoms with Crippen LogP contribution in [0.5, 0.6) is 0 Å². The summed E-state index contributed by atoms with van der Waals surface area (Å²) in [5.41, 5.74) is 6.16. The highest BCUT2D eigenvalue weighted by atomic mass is 19.4. The lowest BCUT2D eigenvalue weighted by Gasteiger charge is -2.13. The van der Waals surface area contributed by atoms with Gasteiger partial charge in [-0.05, 0) is 24.5 Å². The van der Waals surface area contributed by atoms with Crippen LogP contribution in [0.3, 0.4) is 0 Å². The molecule has 6 heteroatoms. The molecule has 1 rings (SSSR count). The Bertz CT molecular complexity index is 367. The minimum Gasteiger partial charge on any atom is -0.372 e. The summed E-state index contributed by atoms with van der Waals surface area (Å²) in [5.74, 6) is -0.357. The Balaban J connectivity index is 2.26. The van der Waals surface area contributed by atoms with Crippen molar-refractivity contribution in [3.8, 4) is 0 Å². The summed E-state index contributed by atoms with van der Waals surface area (Å²) in [5, 5.41) is 0. The monoisotopic (exact) mass is 265 g/mol. The molecule has 0 spiro atoms. The van der Waals surface area contributed by atoms with E-state index in [2.05, 4.69) is 4.74 Å². The molecule has 0 aliphatic carbocycles. The highest BCUT2D eigenvalue weighted by Gasteiger charge is 2.27. The van der Waals surface area contributed by atoms with E-state index in [9.17, 15) is 17.6 Å². The molecule has 1 aromatic rings. The smallest absolute Gasteiger partial charge is 0.372 e. The van der Waals surface area contributed by atoms with Gasteiger partial charge < -0.3 is 10.5 Å². The summed E-state index contributed by atoms with van der Waals surface area (Å²) >= 11 is 0. The molecule has 2 N–H and O–H groups in total. The summed E-state index contributed by atoms with van der Waals surface area (Å²) in [4.78, 5) is 0. The minimum atomic E-state index is -4.32. The maximum Gasteiger partial charge on any atom is 0.411 e. The van der Waals surface area contributed by atoms with Crippen molar-refractivity contribution in [1.82, 2.24) is 0 Å². The van der Waals surface area contributed by atoms with E-state index in [4.69, 9.17) is 5.73 Å². The van der Waals surface area contributed by atoms with Crippen LogP contribution < -0.4 is 5.73 Å². The van der Waals surface area contributed by atoms with Crippen LogP contribution in [-0.2, 0) is 11.2 Å². The molecule has 0 amide bonds. The van der Waals surface area contributed by atoms with E-state index in [0.717, 1.165) is 0 Å². The molecule has 0 aliphatic heterocycles. The van der Waals surface area contributed by atoms with Gasteiger partial charge in [-0.2, -0.15) is 13.2 Å². The lowest BCUT2D eigenvalue weighted by molar-refractivity contribution is -0.174. The van der Waals surface area contributed by atoms with E-state index in [1.165, 1.54) is 6.07 Å². The van der Waals surface area contributed by atoms with Crippen LogP contribution in [0.4, 0.5) is 17.6 Å². The first-order valence-electron chi connectivity index (χ1n) is 5.52. The molecule has 1 atom stereocenters. The standard InChI is InChI=1S/C12H15F4NO/c13-11-4-2-1-3-9(11)7-10(17)5-6-18-8-12(14,15)16/h1-4,10H,5-8,17H2. The Morgan fingerprint density at radius 1 is 1.22 bits per heavy atom. The first-order chi connectivity index (χ1) is 8.38. The van der Waals surface area contributed by atoms with Crippen LogP contribution >= 0.6 is 0 Å². The minimum absolute atomic E-state index is 0.0882. The molecule has 2 nitrogen and oxygen atoms in total. The topological polar surface area (TPSA) is 35.2 Å². The molecule has 0 radical (unpaired) electrons. The molecule has 1 unspecified atom stereocenters. The van der Waals surface area contributed by atoms with Crippen LogP contribution in [-0.4, -0.2) is 25.4 Å². The van der Waals surface area contributed by atoms with Crippen molar-refractivity contribution >= 4 is 0 Å². The zero-order valence-corrected chi connectivity index (χ0v) is 9.71. The van der Waals surface area contributed by atoms with Gasteiger partial charge in [-0.25, -0.2) is 4.39 Å². The van der Waals surface area contributed by atoms with Crippen LogP contribution in [0.1, 0.15) is 12.0 Å². The number of alkyl halides is 3. The van der Waals surface area contributed by atoms with Gasteiger partial charge >= 0.3 is 6.18 Å². The fourth-order valence-electron chi connectivity index (χ4n) is 1.47. The quantitative estimate of drug-likeness (QED) is 0.634. The lowest BCUT2D eigenvalue weighted by atomic mass is 10.0. The number of halogens is 4. The predicted octanol–water partition coefficient (Wildman–Crippen LogP) is 2.66. The number of rotatable bonds is 6. The second kappa shape index (κ2) is 6.70. The first kappa shape index (κ1) is 14.9. The van der Waals surface area contributed by atoms with Crippen molar-refractivity contribution in [2.24, 2.45) is 5.73 Å². The SMILES string of the molecule is NC(CCOCC(F)(F)F)Cc1ccccc1F. The Kier molecular flexibility index (Phi) is 5.55. The van der Waals surface area contributed by atoms with Crippen molar-refractivity contribution in [2.75, 3.05) is 13.2 Å². The van der Waals surface area contributed by atoms with Gasteiger partial charge in [0, 0.05) is 12.6 Å². The van der Waals surface area contributed by atoms with Crippen LogP contribution in [0.25, 0.3) is 0 Å². The maximum atomic E-state index is 13.3. The molecule has 18 heavy (non-hydrogen) atoms. The second-order valence-electron chi connectivity index (χ2n) is 4.01. The molecule has 0 saturated heterocycles. The molecule has 0 heterocycles. The van der Waals surface area contributed by atoms with E-state index in [-0.39, 0.29) is 25.3 Å². The van der Waals surface area contributed by atoms with Gasteiger partial charge in [0.15, 0.2) is 0 Å². The third-order valence-electron chi connectivity index (χ3n) is 2.34. The Morgan fingerprint density at radius 2 is 1.89 bits per heavy atom. The van der Waals surface area contributed by atoms with Gasteiger partial charge in [-0.15, -0.1) is 0 Å². The average molecular weight is 265 g/mol. The van der Waals surface area contributed by atoms with Crippen molar-refractivity contribution in [1.29, 1.82) is 0 Å². The predicted molar refractivity (Wildman–Crippen MR) is 59.6 cm³/mol. The molecule has 0 saturated carbocycles. The lowest BCUT2D eigenvalue weighted by Crippen LogP contribution is -2.26. The molecular formula is C12H15F4NO. The zero-order valence-electron chi connectivity index (χ0n) is 9.71. The van der Waals surface area contributed by atoms with Crippen LogP contribution in [0.2, 0.25) is 0 Å². The van der Waals surface area contributed by atoms with E-state index >= 15 is 0 Å². The van der Waals surface area contributed by atoms with Gasteiger partial charge in [-0.1, -0.05) is 18.2 Å². The van der Waals surface area contributed by atoms with E-state index in [1.54, 1.807) is 18.2 Å². The fraction of sp³-hybridized carbons (Fsp3) is 0.500. The van der Waals surface area contributed by atoms with Crippen molar-refractivity contribution in [2.45, 2.75) is 25.1 Å². The van der Waals surface area contributed by atoms with Crippen LogP contribution in [0, 0.1) is 5.82 Å². The summed E-state index contributed by atoms with van der Waals surface area (Å²) in [6.07, 6.45) is -3.79. The molecule has 0 aromatic heterocycles. The normalized spacial score (nSPS) is 13.6. The fourth-order valence-corrected chi connectivity index (χ4v) is 1.47. The third-order valence-corrected chi connectivity index (χ3v) is 2.34. The van der Waals surface area contributed by atoms with Gasteiger partial charge in [0.1, 0.15) is 12.4 Å². The summed E-state index contributed by atoms with van der Waals surface area (Å²) < 4.78 is 53.0. The Morgan fingerprint density at radius 3 is 2.50 bits per heavy atom. The Hall–Kier alpha value is -1.14. The highest BCUT2D eigenvalue weighted by molar-refractivity contribution is 5.18. The number of nitrogens with two attached hydrogens (primary N) is 1. The second-order valence-corrected chi connectivity index (χ2v) is 4.01. The number of hydrogen-bond acceptors (Lipinski definition) is 2. The molecule has 0 fully saturated rings. The van der Waals surface area contributed by atoms with Gasteiger partial charge in [0.05, 0.1) is 0 Å². The van der Waals surface area contributed by atoms with E-state index < -0.39 is 18.8 Å². The summed E-state index contributed by atoms with van der Waals surface area (Å²) in [6.45, 7) is -1.37. The zero-order chi connectivity index (χ0) is 13.6. The average Bonchev–Trinajstić information content (AvgIpc) is 2.26. The van der Waals surface area contributed by atoms with Crippen molar-refractivity contribution < 1.29 is 22.3 Å². The van der Waals surface area contributed by atoms with E-state index in [1.807, 2.05) is 0 Å². The maximum absolute atomic E-state index is 13.3. The Labute approximate surface area is 103 Å². The van der Waals surface area contributed by atoms with E-state index in [0.29, 0.717) is 5.56 Å². The molecule has 102 valence electrons. The molecule has 0 bridgehead atoms. The van der Waals surface area contributed by atoms with Gasteiger partial charge in [0.2, 0.25) is 0 Å². The highest BCUT2D eigenvalue weighted by Crippen LogP contribution is 2.15. The first-order valence-corrected chi connectivity index (χ1v) is 5.52. The number of ether oxygens (including phenoxy) is 1. The van der Waals surface area contributed by atoms with Crippen molar-refractivity contribution in [3.63, 3.8) is 0 Å². The summed E-state index contributed by atoms with van der Waals surface area (Å²) in [6, 6.07) is 5.76. The number of benzene rings is 1. The largest absolute Gasteiger partial charge is 0.411 e. The van der Waals surface area contributed by atoms with Crippen LogP contribution in [0.15, 0.2) is 24.3 Å². The molecular weight excluding hydrogens is 250 g/mol. The van der Waals surface area contributed by atoms with Crippen molar-refractivity contribution in [3.05, 3.63) is 35.6 Å². The van der Waals surface area contributed by atoms with Gasteiger partial charge in [-0.3, -0.25) is 0 Å². The molecule has 0 aliphatic rings.